The molecular formula is C26H25BrN4O3. The van der Waals surface area contributed by atoms with Crippen molar-refractivity contribution in [1.82, 2.24) is 19.5 Å². The standard InChI is InChI=1S/C26H25BrN4O3/c1-16(2)24-28-12-11-22(30-24)19-8-6-9-20(14-19)31-17(3)29-25(23(27)26(31)32)34-15-18-7-5-10-21(13-18)33-4/h5-14,16H,15H2,1-4H3. The summed E-state index contributed by atoms with van der Waals surface area (Å²) in [6.07, 6.45) is 1.76. The Labute approximate surface area is 206 Å². The molecule has 4 rings (SSSR count). The Balaban J connectivity index is 1.65. The third-order valence-electron chi connectivity index (χ3n) is 5.27. The van der Waals surface area contributed by atoms with Gasteiger partial charge in [-0.2, -0.15) is 4.98 Å². The summed E-state index contributed by atoms with van der Waals surface area (Å²) >= 11 is 3.39. The molecule has 0 amide bonds. The molecule has 0 spiro atoms. The second-order valence-corrected chi connectivity index (χ2v) is 8.86. The minimum atomic E-state index is -0.254. The van der Waals surface area contributed by atoms with Crippen molar-refractivity contribution in [2.24, 2.45) is 0 Å². The zero-order chi connectivity index (χ0) is 24.2. The molecule has 34 heavy (non-hydrogen) atoms. The second kappa shape index (κ2) is 10.2. The van der Waals surface area contributed by atoms with Gasteiger partial charge in [-0.3, -0.25) is 9.36 Å². The molecule has 2 aromatic heterocycles. The monoisotopic (exact) mass is 520 g/mol. The van der Waals surface area contributed by atoms with Crippen LogP contribution in [0.1, 0.15) is 37.0 Å². The minimum absolute atomic E-state index is 0.220. The van der Waals surface area contributed by atoms with E-state index in [1.807, 2.05) is 54.6 Å². The summed E-state index contributed by atoms with van der Waals surface area (Å²) in [5, 5.41) is 0. The van der Waals surface area contributed by atoms with Crippen LogP contribution in [0.3, 0.4) is 0 Å². The van der Waals surface area contributed by atoms with Gasteiger partial charge in [-0.15, -0.1) is 0 Å². The summed E-state index contributed by atoms with van der Waals surface area (Å²) in [7, 11) is 1.62. The summed E-state index contributed by atoms with van der Waals surface area (Å²) in [6.45, 7) is 6.15. The lowest BCUT2D eigenvalue weighted by molar-refractivity contribution is 0.288. The lowest BCUT2D eigenvalue weighted by Gasteiger charge is -2.14. The Morgan fingerprint density at radius 3 is 2.62 bits per heavy atom. The molecule has 8 heteroatoms. The minimum Gasteiger partial charge on any atom is -0.497 e. The van der Waals surface area contributed by atoms with Gasteiger partial charge in [-0.1, -0.05) is 38.1 Å². The van der Waals surface area contributed by atoms with Gasteiger partial charge < -0.3 is 9.47 Å². The van der Waals surface area contributed by atoms with Crippen LogP contribution in [0.5, 0.6) is 11.6 Å². The van der Waals surface area contributed by atoms with E-state index in [9.17, 15) is 4.79 Å². The molecule has 0 aliphatic rings. The maximum absolute atomic E-state index is 13.3. The molecule has 4 aromatic rings. The topological polar surface area (TPSA) is 79.1 Å². The van der Waals surface area contributed by atoms with Crippen molar-refractivity contribution < 1.29 is 9.47 Å². The number of aromatic nitrogens is 4. The number of halogens is 1. The first-order valence-electron chi connectivity index (χ1n) is 10.9. The Morgan fingerprint density at radius 1 is 1.06 bits per heavy atom. The number of aryl methyl sites for hydroxylation is 1. The Bertz CT molecular complexity index is 1380. The molecule has 0 saturated carbocycles. The quantitative estimate of drug-likeness (QED) is 0.321. The highest BCUT2D eigenvalue weighted by atomic mass is 79.9. The Hall–Kier alpha value is -3.52. The smallest absolute Gasteiger partial charge is 0.276 e. The van der Waals surface area contributed by atoms with Crippen LogP contribution >= 0.6 is 15.9 Å². The normalized spacial score (nSPS) is 11.0. The lowest BCUT2D eigenvalue weighted by atomic mass is 10.1. The van der Waals surface area contributed by atoms with Gasteiger partial charge >= 0.3 is 0 Å². The van der Waals surface area contributed by atoms with E-state index >= 15 is 0 Å². The molecule has 0 aliphatic heterocycles. The summed E-state index contributed by atoms with van der Waals surface area (Å²) in [5.41, 5.74) is 3.04. The fourth-order valence-electron chi connectivity index (χ4n) is 3.51. The molecule has 0 aliphatic carbocycles. The van der Waals surface area contributed by atoms with Crippen LogP contribution in [0.25, 0.3) is 16.9 Å². The lowest BCUT2D eigenvalue weighted by Crippen LogP contribution is -2.23. The number of rotatable bonds is 7. The van der Waals surface area contributed by atoms with Crippen molar-refractivity contribution >= 4 is 15.9 Å². The molecular weight excluding hydrogens is 496 g/mol. The highest BCUT2D eigenvalue weighted by molar-refractivity contribution is 9.10. The van der Waals surface area contributed by atoms with E-state index in [1.165, 1.54) is 0 Å². The van der Waals surface area contributed by atoms with Gasteiger partial charge in [0.15, 0.2) is 0 Å². The predicted molar refractivity (Wildman–Crippen MR) is 135 cm³/mol. The van der Waals surface area contributed by atoms with Crippen molar-refractivity contribution in [2.75, 3.05) is 7.11 Å². The fraction of sp³-hybridized carbons (Fsp3) is 0.231. The number of ether oxygens (including phenoxy) is 2. The van der Waals surface area contributed by atoms with Crippen LogP contribution in [-0.2, 0) is 6.61 Å². The van der Waals surface area contributed by atoms with E-state index in [4.69, 9.17) is 9.47 Å². The van der Waals surface area contributed by atoms with E-state index in [2.05, 4.69) is 44.7 Å². The fourth-order valence-corrected chi connectivity index (χ4v) is 3.89. The van der Waals surface area contributed by atoms with Crippen LogP contribution in [0, 0.1) is 6.92 Å². The highest BCUT2D eigenvalue weighted by Gasteiger charge is 2.16. The maximum Gasteiger partial charge on any atom is 0.276 e. The summed E-state index contributed by atoms with van der Waals surface area (Å²) in [5.74, 6) is 2.49. The van der Waals surface area contributed by atoms with Crippen molar-refractivity contribution in [3.63, 3.8) is 0 Å². The molecule has 0 bridgehead atoms. The highest BCUT2D eigenvalue weighted by Crippen LogP contribution is 2.25. The molecule has 174 valence electrons. The largest absolute Gasteiger partial charge is 0.497 e. The van der Waals surface area contributed by atoms with Gasteiger partial charge in [0.2, 0.25) is 5.88 Å². The number of benzene rings is 2. The van der Waals surface area contributed by atoms with Crippen LogP contribution in [0.2, 0.25) is 0 Å². The van der Waals surface area contributed by atoms with E-state index in [-0.39, 0.29) is 28.4 Å². The van der Waals surface area contributed by atoms with Gasteiger partial charge in [0.1, 0.15) is 28.5 Å². The number of hydrogen-bond donors (Lipinski definition) is 0. The second-order valence-electron chi connectivity index (χ2n) is 8.06. The van der Waals surface area contributed by atoms with E-state index in [1.54, 1.807) is 24.8 Å². The zero-order valence-electron chi connectivity index (χ0n) is 19.4. The molecule has 0 N–H and O–H groups in total. The molecule has 0 radical (unpaired) electrons. The molecule has 0 fully saturated rings. The van der Waals surface area contributed by atoms with Gasteiger partial charge in [-0.05, 0) is 58.7 Å². The molecule has 0 atom stereocenters. The summed E-state index contributed by atoms with van der Waals surface area (Å²) < 4.78 is 12.9. The molecule has 0 saturated heterocycles. The third kappa shape index (κ3) is 5.02. The van der Waals surface area contributed by atoms with E-state index < -0.39 is 0 Å². The molecule has 0 unspecified atom stereocenters. The number of hydrogen-bond acceptors (Lipinski definition) is 6. The molecule has 2 aromatic carbocycles. The van der Waals surface area contributed by atoms with Crippen LogP contribution in [-0.4, -0.2) is 26.6 Å². The van der Waals surface area contributed by atoms with Crippen LogP contribution < -0.4 is 15.0 Å². The van der Waals surface area contributed by atoms with Crippen molar-refractivity contribution in [2.45, 2.75) is 33.3 Å². The maximum atomic E-state index is 13.3. The average Bonchev–Trinajstić information content (AvgIpc) is 2.86. The first kappa shape index (κ1) is 23.6. The van der Waals surface area contributed by atoms with Gasteiger partial charge in [0.25, 0.3) is 5.56 Å². The Kier molecular flexibility index (Phi) is 7.07. The van der Waals surface area contributed by atoms with Gasteiger partial charge in [0.05, 0.1) is 18.5 Å². The SMILES string of the molecule is COc1cccc(COc2nc(C)n(-c3cccc(-c4ccnc(C(C)C)n4)c3)c(=O)c2Br)c1. The average molecular weight is 521 g/mol. The first-order chi connectivity index (χ1) is 16.4. The predicted octanol–water partition coefficient (Wildman–Crippen LogP) is 5.47. The van der Waals surface area contributed by atoms with Crippen LogP contribution in [0.4, 0.5) is 0 Å². The van der Waals surface area contributed by atoms with Crippen LogP contribution in [0.15, 0.2) is 70.1 Å². The van der Waals surface area contributed by atoms with E-state index in [0.29, 0.717) is 11.5 Å². The number of nitrogens with zero attached hydrogens (tertiary/aromatic N) is 4. The van der Waals surface area contributed by atoms with Crippen molar-refractivity contribution in [3.8, 4) is 28.6 Å². The molecule has 7 nitrogen and oxygen atoms in total. The van der Waals surface area contributed by atoms with Gasteiger partial charge in [-0.25, -0.2) is 9.97 Å². The Morgan fingerprint density at radius 2 is 1.85 bits per heavy atom. The molecule has 2 heterocycles. The third-order valence-corrected chi connectivity index (χ3v) is 5.94. The van der Waals surface area contributed by atoms with Crippen molar-refractivity contribution in [3.05, 3.63) is 92.8 Å². The summed E-state index contributed by atoms with van der Waals surface area (Å²) in [6, 6.07) is 17.1. The van der Waals surface area contributed by atoms with Gasteiger partial charge in [0, 0.05) is 17.7 Å². The first-order valence-corrected chi connectivity index (χ1v) is 11.7. The zero-order valence-corrected chi connectivity index (χ0v) is 21.0. The number of methoxy groups -OCH3 is 1. The van der Waals surface area contributed by atoms with Crippen molar-refractivity contribution in [1.29, 1.82) is 0 Å². The summed E-state index contributed by atoms with van der Waals surface area (Å²) in [4.78, 5) is 26.8. The van der Waals surface area contributed by atoms with E-state index in [0.717, 1.165) is 28.4 Å².